The summed E-state index contributed by atoms with van der Waals surface area (Å²) in [6, 6.07) is 2.58. The van der Waals surface area contributed by atoms with E-state index in [1.54, 1.807) is 6.33 Å². The number of nitrogens with one attached hydrogen (secondary N) is 1. The first-order valence-corrected chi connectivity index (χ1v) is 6.78. The Kier molecular flexibility index (Phi) is 4.75. The monoisotopic (exact) mass is 250 g/mol. The summed E-state index contributed by atoms with van der Waals surface area (Å²) in [6.45, 7) is 4.01. The van der Waals surface area contributed by atoms with Crippen LogP contribution in [0.3, 0.4) is 0 Å². The molecule has 1 aromatic heterocycles. The van der Waals surface area contributed by atoms with Gasteiger partial charge in [-0.1, -0.05) is 0 Å². The van der Waals surface area contributed by atoms with E-state index in [-0.39, 0.29) is 6.61 Å². The van der Waals surface area contributed by atoms with Crippen LogP contribution in [0.2, 0.25) is 0 Å². The van der Waals surface area contributed by atoms with Crippen molar-refractivity contribution in [3.05, 3.63) is 12.4 Å². The van der Waals surface area contributed by atoms with Gasteiger partial charge in [-0.15, -0.1) is 0 Å². The van der Waals surface area contributed by atoms with E-state index in [0.717, 1.165) is 31.1 Å². The van der Waals surface area contributed by atoms with Gasteiger partial charge in [-0.2, -0.15) is 0 Å². The van der Waals surface area contributed by atoms with Gasteiger partial charge in [-0.05, 0) is 32.6 Å². The Morgan fingerprint density at radius 3 is 2.89 bits per heavy atom. The minimum absolute atomic E-state index is 0.231. The van der Waals surface area contributed by atoms with Crippen molar-refractivity contribution in [2.24, 2.45) is 0 Å². The smallest absolute Gasteiger partial charge is 0.134 e. The molecule has 0 amide bonds. The zero-order chi connectivity index (χ0) is 12.8. The maximum Gasteiger partial charge on any atom is 0.134 e. The van der Waals surface area contributed by atoms with E-state index in [0.29, 0.717) is 6.04 Å². The van der Waals surface area contributed by atoms with Crippen molar-refractivity contribution in [3.8, 4) is 0 Å². The van der Waals surface area contributed by atoms with E-state index < -0.39 is 0 Å². The predicted molar refractivity (Wildman–Crippen MR) is 72.9 cm³/mol. The quantitative estimate of drug-likeness (QED) is 0.770. The second-order valence-corrected chi connectivity index (χ2v) is 4.65. The van der Waals surface area contributed by atoms with E-state index >= 15 is 0 Å². The van der Waals surface area contributed by atoms with Crippen molar-refractivity contribution in [1.82, 2.24) is 9.97 Å². The summed E-state index contributed by atoms with van der Waals surface area (Å²) in [5.41, 5.74) is 0. The summed E-state index contributed by atoms with van der Waals surface area (Å²) in [6.07, 6.45) is 6.15. The molecule has 2 N–H and O–H groups in total. The van der Waals surface area contributed by atoms with Crippen molar-refractivity contribution < 1.29 is 5.11 Å². The number of aliphatic hydroxyl groups is 1. The van der Waals surface area contributed by atoms with Gasteiger partial charge in [0.05, 0.1) is 0 Å². The van der Waals surface area contributed by atoms with Gasteiger partial charge in [0, 0.05) is 31.8 Å². The molecule has 0 radical (unpaired) electrons. The standard InChI is InChI=1S/C13H22N4O/c1-2-14-12-9-13(16-10-15-12)17(7-4-8-18)11-5-3-6-11/h9-11,18H,2-8H2,1H3,(H,14,15,16). The van der Waals surface area contributed by atoms with Crippen molar-refractivity contribution >= 4 is 11.6 Å². The van der Waals surface area contributed by atoms with Gasteiger partial charge in [0.15, 0.2) is 0 Å². The molecule has 1 aliphatic carbocycles. The van der Waals surface area contributed by atoms with Crippen LogP contribution in [0.1, 0.15) is 32.6 Å². The second kappa shape index (κ2) is 6.54. The largest absolute Gasteiger partial charge is 0.396 e. The lowest BCUT2D eigenvalue weighted by atomic mass is 9.91. The number of nitrogens with zero attached hydrogens (tertiary/aromatic N) is 3. The van der Waals surface area contributed by atoms with Gasteiger partial charge < -0.3 is 15.3 Å². The first-order valence-electron chi connectivity index (χ1n) is 6.78. The van der Waals surface area contributed by atoms with Crippen molar-refractivity contribution in [2.75, 3.05) is 29.9 Å². The molecule has 5 nitrogen and oxygen atoms in total. The molecule has 18 heavy (non-hydrogen) atoms. The molecule has 5 heteroatoms. The number of anilines is 2. The van der Waals surface area contributed by atoms with Crippen LogP contribution >= 0.6 is 0 Å². The summed E-state index contributed by atoms with van der Waals surface area (Å²) in [5.74, 6) is 1.84. The molecule has 0 unspecified atom stereocenters. The highest BCUT2D eigenvalue weighted by molar-refractivity contribution is 5.49. The van der Waals surface area contributed by atoms with E-state index in [2.05, 4.69) is 27.1 Å². The molecule has 0 aromatic carbocycles. The van der Waals surface area contributed by atoms with E-state index in [4.69, 9.17) is 5.11 Å². The van der Waals surface area contributed by atoms with Crippen LogP contribution in [0.4, 0.5) is 11.6 Å². The first-order chi connectivity index (χ1) is 8.85. The highest BCUT2D eigenvalue weighted by Crippen LogP contribution is 2.29. The van der Waals surface area contributed by atoms with Crippen LogP contribution in [0.25, 0.3) is 0 Å². The first kappa shape index (κ1) is 13.1. The molecule has 1 aliphatic rings. The molecule has 1 fully saturated rings. The van der Waals surface area contributed by atoms with Crippen LogP contribution in [0.15, 0.2) is 12.4 Å². The van der Waals surface area contributed by atoms with Crippen LogP contribution < -0.4 is 10.2 Å². The molecule has 0 atom stereocenters. The Labute approximate surface area is 108 Å². The lowest BCUT2D eigenvalue weighted by molar-refractivity contribution is 0.282. The lowest BCUT2D eigenvalue weighted by Crippen LogP contribution is -2.41. The average Bonchev–Trinajstić information content (AvgIpc) is 2.33. The third-order valence-electron chi connectivity index (χ3n) is 3.38. The van der Waals surface area contributed by atoms with Gasteiger partial charge in [0.2, 0.25) is 0 Å². The Hall–Kier alpha value is -1.36. The van der Waals surface area contributed by atoms with Crippen LogP contribution in [-0.2, 0) is 0 Å². The topological polar surface area (TPSA) is 61.3 Å². The summed E-state index contributed by atoms with van der Waals surface area (Å²) in [4.78, 5) is 10.9. The molecular weight excluding hydrogens is 228 g/mol. The Bertz CT molecular complexity index is 368. The Balaban J connectivity index is 2.10. The number of rotatable bonds is 7. The van der Waals surface area contributed by atoms with Crippen molar-refractivity contribution in [3.63, 3.8) is 0 Å². The highest BCUT2D eigenvalue weighted by Gasteiger charge is 2.25. The molecule has 1 heterocycles. The van der Waals surface area contributed by atoms with Gasteiger partial charge in [-0.3, -0.25) is 0 Å². The minimum atomic E-state index is 0.231. The second-order valence-electron chi connectivity index (χ2n) is 4.65. The third-order valence-corrected chi connectivity index (χ3v) is 3.38. The fourth-order valence-electron chi connectivity index (χ4n) is 2.21. The molecule has 1 aromatic rings. The Morgan fingerprint density at radius 2 is 2.28 bits per heavy atom. The lowest BCUT2D eigenvalue weighted by Gasteiger charge is -2.38. The van der Waals surface area contributed by atoms with Crippen LogP contribution in [0, 0.1) is 0 Å². The number of hydrogen-bond donors (Lipinski definition) is 2. The fourth-order valence-corrected chi connectivity index (χ4v) is 2.21. The van der Waals surface area contributed by atoms with Gasteiger partial charge in [0.1, 0.15) is 18.0 Å². The van der Waals surface area contributed by atoms with Crippen LogP contribution in [-0.4, -0.2) is 40.8 Å². The number of aliphatic hydroxyl groups excluding tert-OH is 1. The zero-order valence-corrected chi connectivity index (χ0v) is 11.0. The average molecular weight is 250 g/mol. The third kappa shape index (κ3) is 3.10. The molecule has 0 saturated heterocycles. The maximum atomic E-state index is 9.00. The SMILES string of the molecule is CCNc1cc(N(CCCO)C2CCC2)ncn1. The van der Waals surface area contributed by atoms with Gasteiger partial charge >= 0.3 is 0 Å². The van der Waals surface area contributed by atoms with Crippen LogP contribution in [0.5, 0.6) is 0 Å². The fraction of sp³-hybridized carbons (Fsp3) is 0.692. The molecule has 1 saturated carbocycles. The molecule has 0 spiro atoms. The van der Waals surface area contributed by atoms with E-state index in [9.17, 15) is 0 Å². The van der Waals surface area contributed by atoms with Gasteiger partial charge in [-0.25, -0.2) is 9.97 Å². The van der Waals surface area contributed by atoms with E-state index in [1.807, 2.05) is 6.07 Å². The normalized spacial score (nSPS) is 15.2. The number of aromatic nitrogens is 2. The molecule has 0 bridgehead atoms. The summed E-state index contributed by atoms with van der Waals surface area (Å²) < 4.78 is 0. The molecule has 2 rings (SSSR count). The highest BCUT2D eigenvalue weighted by atomic mass is 16.3. The summed E-state index contributed by atoms with van der Waals surface area (Å²) >= 11 is 0. The zero-order valence-electron chi connectivity index (χ0n) is 11.0. The minimum Gasteiger partial charge on any atom is -0.396 e. The number of hydrogen-bond acceptors (Lipinski definition) is 5. The molecular formula is C13H22N4O. The predicted octanol–water partition coefficient (Wildman–Crippen LogP) is 1.65. The molecule has 100 valence electrons. The maximum absolute atomic E-state index is 9.00. The summed E-state index contributed by atoms with van der Waals surface area (Å²) in [7, 11) is 0. The van der Waals surface area contributed by atoms with Gasteiger partial charge in [0.25, 0.3) is 0 Å². The van der Waals surface area contributed by atoms with E-state index in [1.165, 1.54) is 19.3 Å². The van der Waals surface area contributed by atoms with Crippen molar-refractivity contribution in [1.29, 1.82) is 0 Å². The van der Waals surface area contributed by atoms with Crippen molar-refractivity contribution in [2.45, 2.75) is 38.6 Å². The molecule has 0 aliphatic heterocycles. The summed E-state index contributed by atoms with van der Waals surface area (Å²) in [5, 5.41) is 12.2. The Morgan fingerprint density at radius 1 is 1.44 bits per heavy atom.